The summed E-state index contributed by atoms with van der Waals surface area (Å²) in [4.78, 5) is 4.45. The van der Waals surface area contributed by atoms with Crippen molar-refractivity contribution in [3.8, 4) is 22.8 Å². The van der Waals surface area contributed by atoms with Crippen LogP contribution >= 0.6 is 24.8 Å². The second-order valence-corrected chi connectivity index (χ2v) is 6.76. The number of oxime groups is 1. The minimum Gasteiger partial charge on any atom is -0.497 e. The summed E-state index contributed by atoms with van der Waals surface area (Å²) in [5.41, 5.74) is 16.8. The van der Waals surface area contributed by atoms with Crippen LogP contribution < -0.4 is 20.9 Å². The Morgan fingerprint density at radius 3 is 2.56 bits per heavy atom. The number of hydrogen-bond acceptors (Lipinski definition) is 7. The second kappa shape index (κ2) is 10.3. The van der Waals surface area contributed by atoms with Crippen LogP contribution in [-0.4, -0.2) is 40.6 Å². The van der Waals surface area contributed by atoms with Gasteiger partial charge in [0, 0.05) is 16.7 Å². The number of fused-ring (bicyclic) bond motifs is 1. The third-order valence-corrected chi connectivity index (χ3v) is 5.11. The van der Waals surface area contributed by atoms with Gasteiger partial charge in [-0.25, -0.2) is 9.66 Å². The number of halogens is 2. The molecule has 0 saturated heterocycles. The summed E-state index contributed by atoms with van der Waals surface area (Å²) in [5.74, 6) is 1.68. The lowest BCUT2D eigenvalue weighted by Gasteiger charge is -2.08. The number of amidine groups is 1. The average molecular weight is 479 g/mol. The molecule has 0 unspecified atom stereocenters. The monoisotopic (exact) mass is 478 g/mol. The molecule has 0 fully saturated rings. The van der Waals surface area contributed by atoms with Gasteiger partial charge in [0.05, 0.1) is 31.8 Å². The highest BCUT2D eigenvalue weighted by Gasteiger charge is 2.23. The van der Waals surface area contributed by atoms with Crippen LogP contribution in [0.1, 0.15) is 23.1 Å². The standard InChI is InChI=1S/C21H22N6O3.2ClH/c1-29-12-6-9-19(30-2)16(10-12)18-11-27(21(23)24-18)25-17-8-7-13-14(17)4-3-5-15(13)20(22)26-28;;/h3-6,9-11,28H,7-8H2,1-2H3,(H2,22,26)(H2,23,24);2*1H. The summed E-state index contributed by atoms with van der Waals surface area (Å²) in [6.45, 7) is 0. The Bertz CT molecular complexity index is 1180. The Kier molecular flexibility index (Phi) is 7.96. The lowest BCUT2D eigenvalue weighted by molar-refractivity contribution is 0.318. The highest BCUT2D eigenvalue weighted by Crippen LogP contribution is 2.33. The fourth-order valence-electron chi connectivity index (χ4n) is 3.64. The molecule has 0 bridgehead atoms. The molecule has 0 atom stereocenters. The van der Waals surface area contributed by atoms with Crippen LogP contribution in [0.4, 0.5) is 5.95 Å². The van der Waals surface area contributed by atoms with Gasteiger partial charge < -0.3 is 26.1 Å². The zero-order valence-corrected chi connectivity index (χ0v) is 19.1. The van der Waals surface area contributed by atoms with Gasteiger partial charge in [-0.3, -0.25) is 0 Å². The van der Waals surface area contributed by atoms with Gasteiger partial charge in [0.15, 0.2) is 5.84 Å². The number of aromatic nitrogens is 2. The molecule has 0 spiro atoms. The SMILES string of the molecule is COc1ccc(OC)c(-c2cn(N=C3CCc4c(C(N)=NO)cccc43)c(N)n2)c1.Cl.Cl. The van der Waals surface area contributed by atoms with E-state index in [4.69, 9.17) is 31.2 Å². The van der Waals surface area contributed by atoms with E-state index >= 15 is 0 Å². The maximum Gasteiger partial charge on any atom is 0.221 e. The number of nitrogens with zero attached hydrogens (tertiary/aromatic N) is 4. The van der Waals surface area contributed by atoms with Gasteiger partial charge in [-0.15, -0.1) is 24.8 Å². The maximum absolute atomic E-state index is 9.03. The highest BCUT2D eigenvalue weighted by molar-refractivity contribution is 6.09. The topological polar surface area (TPSA) is 133 Å². The number of nitrogen functional groups attached to an aromatic ring is 1. The predicted octanol–water partition coefficient (Wildman–Crippen LogP) is 3.29. The Labute approximate surface area is 197 Å². The minimum absolute atomic E-state index is 0. The first-order valence-corrected chi connectivity index (χ1v) is 9.31. The largest absolute Gasteiger partial charge is 0.497 e. The van der Waals surface area contributed by atoms with E-state index in [-0.39, 0.29) is 36.6 Å². The third kappa shape index (κ3) is 4.44. The number of nitrogens with two attached hydrogens (primary N) is 2. The number of hydrogen-bond donors (Lipinski definition) is 3. The number of imidazole rings is 1. The van der Waals surface area contributed by atoms with E-state index in [2.05, 4.69) is 10.1 Å². The zero-order valence-electron chi connectivity index (χ0n) is 17.5. The van der Waals surface area contributed by atoms with Crippen molar-refractivity contribution >= 4 is 42.3 Å². The van der Waals surface area contributed by atoms with Crippen LogP contribution in [0.5, 0.6) is 11.5 Å². The molecule has 170 valence electrons. The highest BCUT2D eigenvalue weighted by atomic mass is 35.5. The second-order valence-electron chi connectivity index (χ2n) is 6.76. The van der Waals surface area contributed by atoms with Crippen molar-refractivity contribution in [3.63, 3.8) is 0 Å². The Morgan fingerprint density at radius 2 is 1.88 bits per heavy atom. The molecule has 32 heavy (non-hydrogen) atoms. The van der Waals surface area contributed by atoms with Crippen LogP contribution in [0.15, 0.2) is 52.9 Å². The summed E-state index contributed by atoms with van der Waals surface area (Å²) in [6.07, 6.45) is 3.21. The summed E-state index contributed by atoms with van der Waals surface area (Å²) in [7, 11) is 3.20. The van der Waals surface area contributed by atoms with Crippen LogP contribution in [-0.2, 0) is 6.42 Å². The number of benzene rings is 2. The summed E-state index contributed by atoms with van der Waals surface area (Å²) < 4.78 is 12.3. The molecule has 1 aromatic heterocycles. The van der Waals surface area contributed by atoms with Crippen molar-refractivity contribution in [2.45, 2.75) is 12.8 Å². The number of ether oxygens (including phenoxy) is 2. The van der Waals surface area contributed by atoms with Crippen molar-refractivity contribution in [1.82, 2.24) is 9.66 Å². The van der Waals surface area contributed by atoms with Crippen molar-refractivity contribution < 1.29 is 14.7 Å². The van der Waals surface area contributed by atoms with E-state index in [1.165, 1.54) is 0 Å². The number of methoxy groups -OCH3 is 2. The molecule has 1 aliphatic carbocycles. The first-order valence-electron chi connectivity index (χ1n) is 9.31. The minimum atomic E-state index is 0. The molecule has 9 nitrogen and oxygen atoms in total. The number of rotatable bonds is 5. The molecule has 0 amide bonds. The first-order chi connectivity index (χ1) is 14.5. The quantitative estimate of drug-likeness (QED) is 0.223. The third-order valence-electron chi connectivity index (χ3n) is 5.11. The Balaban J connectivity index is 0.00000181. The molecular weight excluding hydrogens is 455 g/mol. The average Bonchev–Trinajstić information content (AvgIpc) is 3.36. The molecule has 5 N–H and O–H groups in total. The lowest BCUT2D eigenvalue weighted by atomic mass is 10.0. The molecule has 2 aromatic carbocycles. The van der Waals surface area contributed by atoms with E-state index in [0.717, 1.165) is 28.8 Å². The van der Waals surface area contributed by atoms with Crippen LogP contribution in [0, 0.1) is 0 Å². The van der Waals surface area contributed by atoms with Crippen LogP contribution in [0.3, 0.4) is 0 Å². The van der Waals surface area contributed by atoms with E-state index < -0.39 is 0 Å². The molecule has 0 aliphatic heterocycles. The molecular formula is C21H24Cl2N6O3. The van der Waals surface area contributed by atoms with Crippen molar-refractivity contribution in [2.24, 2.45) is 16.0 Å². The van der Waals surface area contributed by atoms with Crippen molar-refractivity contribution in [1.29, 1.82) is 0 Å². The van der Waals surface area contributed by atoms with E-state index in [0.29, 0.717) is 29.2 Å². The van der Waals surface area contributed by atoms with Crippen molar-refractivity contribution in [3.05, 3.63) is 59.3 Å². The molecule has 11 heteroatoms. The van der Waals surface area contributed by atoms with E-state index in [1.807, 2.05) is 36.4 Å². The smallest absolute Gasteiger partial charge is 0.221 e. The summed E-state index contributed by atoms with van der Waals surface area (Å²) in [6, 6.07) is 11.1. The van der Waals surface area contributed by atoms with Gasteiger partial charge in [0.1, 0.15) is 11.5 Å². The maximum atomic E-state index is 9.03. The lowest BCUT2D eigenvalue weighted by Crippen LogP contribution is -2.15. The molecule has 0 radical (unpaired) electrons. The predicted molar refractivity (Wildman–Crippen MR) is 129 cm³/mol. The Hall–Kier alpha value is -3.43. The van der Waals surface area contributed by atoms with E-state index in [9.17, 15) is 0 Å². The molecule has 1 aliphatic rings. The van der Waals surface area contributed by atoms with Gasteiger partial charge in [-0.1, -0.05) is 23.4 Å². The van der Waals surface area contributed by atoms with E-state index in [1.54, 1.807) is 25.1 Å². The summed E-state index contributed by atoms with van der Waals surface area (Å²) >= 11 is 0. The Morgan fingerprint density at radius 1 is 1.09 bits per heavy atom. The zero-order chi connectivity index (χ0) is 21.3. The van der Waals surface area contributed by atoms with Crippen LogP contribution in [0.2, 0.25) is 0 Å². The first kappa shape index (κ1) is 24.8. The molecule has 3 aromatic rings. The van der Waals surface area contributed by atoms with Crippen LogP contribution in [0.25, 0.3) is 11.3 Å². The van der Waals surface area contributed by atoms with Crippen molar-refractivity contribution in [2.75, 3.05) is 20.0 Å². The normalized spacial score (nSPS) is 13.8. The van der Waals surface area contributed by atoms with Gasteiger partial charge in [-0.2, -0.15) is 5.10 Å². The molecule has 4 rings (SSSR count). The van der Waals surface area contributed by atoms with Gasteiger partial charge in [0.25, 0.3) is 0 Å². The fourth-order valence-corrected chi connectivity index (χ4v) is 3.64. The van der Waals surface area contributed by atoms with Gasteiger partial charge >= 0.3 is 0 Å². The fraction of sp³-hybridized carbons (Fsp3) is 0.190. The summed E-state index contributed by atoms with van der Waals surface area (Å²) in [5, 5.41) is 16.9. The number of anilines is 1. The van der Waals surface area contributed by atoms with Gasteiger partial charge in [-0.05, 0) is 36.6 Å². The van der Waals surface area contributed by atoms with Gasteiger partial charge in [0.2, 0.25) is 5.95 Å². The molecule has 0 saturated carbocycles. The molecule has 1 heterocycles.